The molecule has 0 aliphatic carbocycles. The minimum absolute atomic E-state index is 0. The number of thioether (sulfide) groups is 1. The molecule has 0 heterocycles. The number of para-hydroxylation sites is 1. The van der Waals surface area contributed by atoms with Gasteiger partial charge in [0.1, 0.15) is 5.84 Å². The molecular formula is C27H35Cl2N3S. The number of halogens is 2. The molecule has 178 valence electrons. The van der Waals surface area contributed by atoms with Crippen LogP contribution in [0.15, 0.2) is 94.8 Å². The number of amidine groups is 1. The largest absolute Gasteiger partial charge is 0.340 e. The summed E-state index contributed by atoms with van der Waals surface area (Å²) in [5, 5.41) is 3.47. The summed E-state index contributed by atoms with van der Waals surface area (Å²) in [6.45, 7) is 10.2. The monoisotopic (exact) mass is 503 g/mol. The molecule has 0 aliphatic heterocycles. The molecular weight excluding hydrogens is 469 g/mol. The van der Waals surface area contributed by atoms with Crippen LogP contribution in [0.1, 0.15) is 33.3 Å². The summed E-state index contributed by atoms with van der Waals surface area (Å²) in [5.41, 5.74) is 3.03. The van der Waals surface area contributed by atoms with Gasteiger partial charge in [-0.3, -0.25) is 4.90 Å². The average molecular weight is 505 g/mol. The number of nitrogens with one attached hydrogen (secondary N) is 1. The number of hydrogen-bond donors (Lipinski definition) is 1. The van der Waals surface area contributed by atoms with Gasteiger partial charge in [0.05, 0.1) is 5.69 Å². The lowest BCUT2D eigenvalue weighted by Gasteiger charge is -2.30. The zero-order valence-corrected chi connectivity index (χ0v) is 22.2. The Morgan fingerprint density at radius 1 is 0.788 bits per heavy atom. The summed E-state index contributed by atoms with van der Waals surface area (Å²) in [6, 6.07) is 30.1. The Morgan fingerprint density at radius 3 is 1.88 bits per heavy atom. The van der Waals surface area contributed by atoms with Gasteiger partial charge in [0.15, 0.2) is 0 Å². The number of hydrogen-bond acceptors (Lipinski definition) is 3. The van der Waals surface area contributed by atoms with E-state index in [1.165, 1.54) is 4.90 Å². The van der Waals surface area contributed by atoms with Crippen LogP contribution in [-0.4, -0.2) is 35.1 Å². The van der Waals surface area contributed by atoms with E-state index in [-0.39, 0.29) is 24.8 Å². The summed E-state index contributed by atoms with van der Waals surface area (Å²) >= 11 is 1.90. The molecule has 6 heteroatoms. The first-order valence-corrected chi connectivity index (χ1v) is 12.0. The van der Waals surface area contributed by atoms with Crippen molar-refractivity contribution < 1.29 is 0 Å². The number of anilines is 1. The van der Waals surface area contributed by atoms with Crippen LogP contribution < -0.4 is 5.32 Å². The normalized spacial score (nSPS) is 11.3. The fourth-order valence-corrected chi connectivity index (χ4v) is 4.41. The van der Waals surface area contributed by atoms with Gasteiger partial charge in [-0.25, -0.2) is 4.99 Å². The molecule has 3 aromatic rings. The van der Waals surface area contributed by atoms with Crippen LogP contribution in [0.4, 0.5) is 11.4 Å². The predicted molar refractivity (Wildman–Crippen MR) is 151 cm³/mol. The quantitative estimate of drug-likeness (QED) is 0.182. The Bertz CT molecular complexity index is 938. The van der Waals surface area contributed by atoms with Gasteiger partial charge in [0, 0.05) is 40.5 Å². The lowest BCUT2D eigenvalue weighted by atomic mass is 10.2. The highest BCUT2D eigenvalue weighted by atomic mass is 35.5. The van der Waals surface area contributed by atoms with Crippen LogP contribution >= 0.6 is 36.6 Å². The van der Waals surface area contributed by atoms with Gasteiger partial charge in [-0.2, -0.15) is 0 Å². The smallest absolute Gasteiger partial charge is 0.138 e. The zero-order valence-electron chi connectivity index (χ0n) is 19.8. The fourth-order valence-electron chi connectivity index (χ4n) is 3.55. The van der Waals surface area contributed by atoms with Crippen LogP contribution in [-0.2, 0) is 0 Å². The van der Waals surface area contributed by atoms with Gasteiger partial charge in [0.25, 0.3) is 0 Å². The maximum absolute atomic E-state index is 4.91. The van der Waals surface area contributed by atoms with Gasteiger partial charge in [0.2, 0.25) is 0 Å². The molecule has 0 fully saturated rings. The fraction of sp³-hybridized carbons (Fsp3) is 0.296. The predicted octanol–water partition coefficient (Wildman–Crippen LogP) is 7.93. The van der Waals surface area contributed by atoms with E-state index in [4.69, 9.17) is 4.99 Å². The molecule has 0 amide bonds. The lowest BCUT2D eigenvalue weighted by Crippen LogP contribution is -2.38. The standard InChI is InChI=1S/C27H33N3S.2ClH/c1-21(2)30(22(3)4)19-20-31-26-17-15-25(16-18-26)29-27(23-11-7-5-8-12-23)28-24-13-9-6-10-14-24;;/h5-18,21-22H,19-20H2,1-4H3,(H,28,29);2*1H. The molecule has 0 atom stereocenters. The van der Waals surface area contributed by atoms with Gasteiger partial charge in [-0.05, 0) is 64.1 Å². The lowest BCUT2D eigenvalue weighted by molar-refractivity contribution is 0.187. The van der Waals surface area contributed by atoms with E-state index in [9.17, 15) is 0 Å². The van der Waals surface area contributed by atoms with Crippen LogP contribution in [0.2, 0.25) is 0 Å². The molecule has 0 bridgehead atoms. The number of aliphatic imine (C=N–C) groups is 1. The Morgan fingerprint density at radius 2 is 1.33 bits per heavy atom. The Kier molecular flexibility index (Phi) is 13.2. The van der Waals surface area contributed by atoms with Crippen molar-refractivity contribution in [2.75, 3.05) is 17.6 Å². The Balaban J connectivity index is 0.00000272. The molecule has 3 rings (SSSR count). The van der Waals surface area contributed by atoms with E-state index in [1.807, 2.05) is 48.2 Å². The van der Waals surface area contributed by atoms with Crippen molar-refractivity contribution in [3.8, 4) is 0 Å². The zero-order chi connectivity index (χ0) is 22.1. The molecule has 0 saturated heterocycles. The van der Waals surface area contributed by atoms with Crippen molar-refractivity contribution in [2.24, 2.45) is 4.99 Å². The molecule has 3 aromatic carbocycles. The van der Waals surface area contributed by atoms with E-state index < -0.39 is 0 Å². The number of rotatable bonds is 9. The maximum atomic E-state index is 4.91. The van der Waals surface area contributed by atoms with Crippen LogP contribution in [0.3, 0.4) is 0 Å². The molecule has 3 nitrogen and oxygen atoms in total. The van der Waals surface area contributed by atoms with E-state index >= 15 is 0 Å². The van der Waals surface area contributed by atoms with Crippen molar-refractivity contribution in [1.29, 1.82) is 0 Å². The molecule has 1 N–H and O–H groups in total. The van der Waals surface area contributed by atoms with Crippen LogP contribution in [0.5, 0.6) is 0 Å². The van der Waals surface area contributed by atoms with Crippen molar-refractivity contribution >= 4 is 53.8 Å². The average Bonchev–Trinajstić information content (AvgIpc) is 2.78. The first-order valence-electron chi connectivity index (χ1n) is 11.0. The summed E-state index contributed by atoms with van der Waals surface area (Å²) in [4.78, 5) is 8.72. The molecule has 0 radical (unpaired) electrons. The topological polar surface area (TPSA) is 27.6 Å². The maximum Gasteiger partial charge on any atom is 0.138 e. The Labute approximate surface area is 215 Å². The van der Waals surface area contributed by atoms with Crippen molar-refractivity contribution in [1.82, 2.24) is 4.90 Å². The second-order valence-electron chi connectivity index (χ2n) is 8.09. The Hall–Kier alpha value is -1.98. The van der Waals surface area contributed by atoms with E-state index in [0.29, 0.717) is 12.1 Å². The summed E-state index contributed by atoms with van der Waals surface area (Å²) in [7, 11) is 0. The highest BCUT2D eigenvalue weighted by molar-refractivity contribution is 7.99. The summed E-state index contributed by atoms with van der Waals surface area (Å²) < 4.78 is 0. The highest BCUT2D eigenvalue weighted by Crippen LogP contribution is 2.23. The van der Waals surface area contributed by atoms with Crippen molar-refractivity contribution in [2.45, 2.75) is 44.7 Å². The van der Waals surface area contributed by atoms with Gasteiger partial charge < -0.3 is 5.32 Å². The molecule has 0 aromatic heterocycles. The molecule has 33 heavy (non-hydrogen) atoms. The SMILES string of the molecule is CC(C)N(CCSc1ccc(N=C(Nc2ccccc2)c2ccccc2)cc1)C(C)C.Cl.Cl. The van der Waals surface area contributed by atoms with Crippen molar-refractivity contribution in [3.05, 3.63) is 90.5 Å². The summed E-state index contributed by atoms with van der Waals surface area (Å²) in [5.74, 6) is 1.93. The van der Waals surface area contributed by atoms with Gasteiger partial charge >= 0.3 is 0 Å². The van der Waals surface area contributed by atoms with Crippen LogP contribution in [0, 0.1) is 0 Å². The summed E-state index contributed by atoms with van der Waals surface area (Å²) in [6.07, 6.45) is 0. The molecule has 0 spiro atoms. The highest BCUT2D eigenvalue weighted by Gasteiger charge is 2.12. The third kappa shape index (κ3) is 9.42. The van der Waals surface area contributed by atoms with Crippen molar-refractivity contribution in [3.63, 3.8) is 0 Å². The minimum Gasteiger partial charge on any atom is -0.340 e. The van der Waals surface area contributed by atoms with E-state index in [2.05, 4.69) is 86.4 Å². The van der Waals surface area contributed by atoms with E-state index in [1.54, 1.807) is 0 Å². The molecule has 0 unspecified atom stereocenters. The molecule has 0 aliphatic rings. The second-order valence-corrected chi connectivity index (χ2v) is 9.25. The van der Waals surface area contributed by atoms with Crippen LogP contribution in [0.25, 0.3) is 0 Å². The third-order valence-electron chi connectivity index (χ3n) is 5.11. The third-order valence-corrected chi connectivity index (χ3v) is 6.10. The number of nitrogens with zero attached hydrogens (tertiary/aromatic N) is 2. The molecule has 0 saturated carbocycles. The number of benzene rings is 3. The second kappa shape index (κ2) is 15.0. The van der Waals surface area contributed by atoms with Gasteiger partial charge in [-0.1, -0.05) is 48.5 Å². The first-order chi connectivity index (χ1) is 15.0. The first kappa shape index (κ1) is 29.1. The minimum atomic E-state index is 0. The van der Waals surface area contributed by atoms with Gasteiger partial charge in [-0.15, -0.1) is 36.6 Å². The van der Waals surface area contributed by atoms with E-state index in [0.717, 1.165) is 35.1 Å².